The first kappa shape index (κ1) is 20.7. The van der Waals surface area contributed by atoms with Crippen LogP contribution >= 0.6 is 35.3 Å². The Morgan fingerprint density at radius 1 is 1.39 bits per heavy atom. The fourth-order valence-corrected chi connectivity index (χ4v) is 3.17. The van der Waals surface area contributed by atoms with Gasteiger partial charge in [-0.05, 0) is 18.4 Å². The third kappa shape index (κ3) is 7.82. The summed E-state index contributed by atoms with van der Waals surface area (Å²) in [4.78, 5) is 8.53. The van der Waals surface area contributed by atoms with Crippen molar-refractivity contribution in [3.05, 3.63) is 22.4 Å². The van der Waals surface area contributed by atoms with Gasteiger partial charge in [0, 0.05) is 43.5 Å². The fourth-order valence-electron chi connectivity index (χ4n) is 2.39. The molecule has 2 heterocycles. The number of rotatable bonds is 7. The maximum Gasteiger partial charge on any atom is 0.191 e. The van der Waals surface area contributed by atoms with Crippen molar-refractivity contribution in [2.45, 2.75) is 19.8 Å². The highest BCUT2D eigenvalue weighted by Crippen LogP contribution is 2.20. The van der Waals surface area contributed by atoms with Gasteiger partial charge in [-0.25, -0.2) is 0 Å². The number of morpholine rings is 1. The number of aliphatic imine (C=N–C) groups is 1. The van der Waals surface area contributed by atoms with Crippen LogP contribution in [0, 0.1) is 0 Å². The molecule has 0 aliphatic carbocycles. The van der Waals surface area contributed by atoms with Crippen LogP contribution in [-0.2, 0) is 4.74 Å². The predicted octanol–water partition coefficient (Wildman–Crippen LogP) is 2.36. The van der Waals surface area contributed by atoms with Gasteiger partial charge in [-0.2, -0.15) is 0 Å². The molecule has 0 saturated carbocycles. The van der Waals surface area contributed by atoms with Crippen molar-refractivity contribution in [2.24, 2.45) is 4.99 Å². The SMILES string of the molecule is CCNC(=NCC(C)c1cccs1)NCCN1CCOCC1.I. The molecular formula is C16H29IN4OS. The van der Waals surface area contributed by atoms with Gasteiger partial charge >= 0.3 is 0 Å². The summed E-state index contributed by atoms with van der Waals surface area (Å²) < 4.78 is 5.37. The molecule has 0 spiro atoms. The number of guanidine groups is 1. The van der Waals surface area contributed by atoms with Crippen molar-refractivity contribution in [1.29, 1.82) is 0 Å². The second kappa shape index (κ2) is 12.0. The predicted molar refractivity (Wildman–Crippen MR) is 109 cm³/mol. The highest BCUT2D eigenvalue weighted by Gasteiger charge is 2.10. The maximum absolute atomic E-state index is 5.37. The van der Waals surface area contributed by atoms with Crippen LogP contribution in [0.3, 0.4) is 0 Å². The van der Waals surface area contributed by atoms with Crippen molar-refractivity contribution in [3.8, 4) is 0 Å². The molecule has 23 heavy (non-hydrogen) atoms. The Bertz CT molecular complexity index is 435. The van der Waals surface area contributed by atoms with Crippen molar-refractivity contribution < 1.29 is 4.74 Å². The largest absolute Gasteiger partial charge is 0.379 e. The van der Waals surface area contributed by atoms with Gasteiger partial charge in [0.2, 0.25) is 0 Å². The van der Waals surface area contributed by atoms with E-state index in [-0.39, 0.29) is 24.0 Å². The third-order valence-electron chi connectivity index (χ3n) is 3.72. The van der Waals surface area contributed by atoms with E-state index >= 15 is 0 Å². The lowest BCUT2D eigenvalue weighted by atomic mass is 10.1. The molecule has 0 bridgehead atoms. The van der Waals surface area contributed by atoms with E-state index < -0.39 is 0 Å². The van der Waals surface area contributed by atoms with E-state index in [0.29, 0.717) is 5.92 Å². The minimum atomic E-state index is 0. The standard InChI is InChI=1S/C16H28N4OS.HI/c1-3-17-16(18-6-7-20-8-10-21-11-9-20)19-13-14(2)15-5-4-12-22-15;/h4-5,12,14H,3,6-11,13H2,1-2H3,(H2,17,18,19);1H. The van der Waals surface area contributed by atoms with E-state index in [9.17, 15) is 0 Å². The topological polar surface area (TPSA) is 48.9 Å². The van der Waals surface area contributed by atoms with Crippen molar-refractivity contribution in [3.63, 3.8) is 0 Å². The zero-order valence-electron chi connectivity index (χ0n) is 14.1. The molecule has 7 heteroatoms. The first-order valence-electron chi connectivity index (χ1n) is 8.15. The number of nitrogens with zero attached hydrogens (tertiary/aromatic N) is 2. The Morgan fingerprint density at radius 3 is 2.83 bits per heavy atom. The van der Waals surface area contributed by atoms with Crippen LogP contribution in [-0.4, -0.2) is 63.3 Å². The van der Waals surface area contributed by atoms with E-state index in [1.54, 1.807) is 11.3 Å². The Balaban J connectivity index is 0.00000264. The molecule has 0 radical (unpaired) electrons. The molecule has 1 aliphatic rings. The van der Waals surface area contributed by atoms with Gasteiger partial charge in [-0.1, -0.05) is 13.0 Å². The van der Waals surface area contributed by atoms with Gasteiger partial charge in [-0.15, -0.1) is 35.3 Å². The Hall–Kier alpha value is -0.380. The molecule has 2 rings (SSSR count). The molecule has 1 fully saturated rings. The first-order valence-corrected chi connectivity index (χ1v) is 9.03. The maximum atomic E-state index is 5.37. The second-order valence-electron chi connectivity index (χ2n) is 5.52. The Morgan fingerprint density at radius 2 is 2.17 bits per heavy atom. The van der Waals surface area contributed by atoms with E-state index in [0.717, 1.165) is 58.4 Å². The fraction of sp³-hybridized carbons (Fsp3) is 0.688. The lowest BCUT2D eigenvalue weighted by molar-refractivity contribution is 0.0389. The molecule has 0 amide bonds. The average Bonchev–Trinajstić information content (AvgIpc) is 3.08. The normalized spacial score (nSPS) is 17.4. The number of halogens is 1. The summed E-state index contributed by atoms with van der Waals surface area (Å²) in [7, 11) is 0. The summed E-state index contributed by atoms with van der Waals surface area (Å²) in [5.41, 5.74) is 0. The van der Waals surface area contributed by atoms with Crippen LogP contribution in [0.1, 0.15) is 24.6 Å². The summed E-state index contributed by atoms with van der Waals surface area (Å²) in [6, 6.07) is 4.29. The van der Waals surface area contributed by atoms with Crippen molar-refractivity contribution in [2.75, 3.05) is 52.5 Å². The van der Waals surface area contributed by atoms with Gasteiger partial charge in [0.25, 0.3) is 0 Å². The van der Waals surface area contributed by atoms with Gasteiger partial charge < -0.3 is 15.4 Å². The number of nitrogens with one attached hydrogen (secondary N) is 2. The number of hydrogen-bond donors (Lipinski definition) is 2. The van der Waals surface area contributed by atoms with Crippen molar-refractivity contribution >= 4 is 41.3 Å². The van der Waals surface area contributed by atoms with E-state index in [1.807, 2.05) is 0 Å². The van der Waals surface area contributed by atoms with Gasteiger partial charge in [-0.3, -0.25) is 9.89 Å². The molecule has 0 aromatic carbocycles. The molecule has 1 unspecified atom stereocenters. The average molecular weight is 452 g/mol. The molecule has 2 N–H and O–H groups in total. The van der Waals surface area contributed by atoms with Crippen LogP contribution in [0.15, 0.2) is 22.5 Å². The zero-order chi connectivity index (χ0) is 15.6. The lowest BCUT2D eigenvalue weighted by Crippen LogP contribution is -2.44. The number of hydrogen-bond acceptors (Lipinski definition) is 4. The minimum Gasteiger partial charge on any atom is -0.379 e. The smallest absolute Gasteiger partial charge is 0.191 e. The Labute approximate surface area is 160 Å². The van der Waals surface area contributed by atoms with Crippen LogP contribution in [0.5, 0.6) is 0 Å². The number of thiophene rings is 1. The Kier molecular flexibility index (Phi) is 10.8. The van der Waals surface area contributed by atoms with Crippen molar-refractivity contribution in [1.82, 2.24) is 15.5 Å². The summed E-state index contributed by atoms with van der Waals surface area (Å²) in [5, 5.41) is 8.87. The monoisotopic (exact) mass is 452 g/mol. The summed E-state index contributed by atoms with van der Waals surface area (Å²) in [5.74, 6) is 1.38. The van der Waals surface area contributed by atoms with Gasteiger partial charge in [0.15, 0.2) is 5.96 Å². The molecule has 1 aromatic heterocycles. The third-order valence-corrected chi connectivity index (χ3v) is 4.82. The minimum absolute atomic E-state index is 0. The summed E-state index contributed by atoms with van der Waals surface area (Å²) in [6.45, 7) is 11.8. The summed E-state index contributed by atoms with van der Waals surface area (Å²) in [6.07, 6.45) is 0. The molecule has 132 valence electrons. The molecule has 1 aliphatic heterocycles. The molecule has 1 aromatic rings. The summed E-state index contributed by atoms with van der Waals surface area (Å²) >= 11 is 1.80. The van der Waals surface area contributed by atoms with E-state index in [4.69, 9.17) is 9.73 Å². The van der Waals surface area contributed by atoms with E-state index in [2.05, 4.69) is 46.9 Å². The lowest BCUT2D eigenvalue weighted by Gasteiger charge is -2.26. The highest BCUT2D eigenvalue weighted by atomic mass is 127. The molecular weight excluding hydrogens is 423 g/mol. The quantitative estimate of drug-likeness (QED) is 0.379. The second-order valence-corrected chi connectivity index (χ2v) is 6.50. The molecule has 5 nitrogen and oxygen atoms in total. The van der Waals surface area contributed by atoms with Crippen LogP contribution in [0.25, 0.3) is 0 Å². The van der Waals surface area contributed by atoms with Gasteiger partial charge in [0.05, 0.1) is 19.8 Å². The van der Waals surface area contributed by atoms with Gasteiger partial charge in [0.1, 0.15) is 0 Å². The number of ether oxygens (including phenoxy) is 1. The highest BCUT2D eigenvalue weighted by molar-refractivity contribution is 14.0. The zero-order valence-corrected chi connectivity index (χ0v) is 17.2. The van der Waals surface area contributed by atoms with Crippen LogP contribution in [0.2, 0.25) is 0 Å². The van der Waals surface area contributed by atoms with Crippen LogP contribution < -0.4 is 10.6 Å². The molecule has 1 saturated heterocycles. The van der Waals surface area contributed by atoms with Crippen LogP contribution in [0.4, 0.5) is 0 Å². The molecule has 1 atom stereocenters. The first-order chi connectivity index (χ1) is 10.8. The van der Waals surface area contributed by atoms with E-state index in [1.165, 1.54) is 4.88 Å².